The van der Waals surface area contributed by atoms with Crippen molar-refractivity contribution in [3.63, 3.8) is 0 Å². The van der Waals surface area contributed by atoms with E-state index in [9.17, 15) is 0 Å². The summed E-state index contributed by atoms with van der Waals surface area (Å²) < 4.78 is 0. The monoisotopic (exact) mass is 161 g/mol. The van der Waals surface area contributed by atoms with Crippen LogP contribution in [0.3, 0.4) is 0 Å². The Morgan fingerprint density at radius 3 is 2.30 bits per heavy atom. The SMILES string of the molecule is C1CCC(C2CC2)NC1.Cl. The van der Waals surface area contributed by atoms with Crippen LogP contribution in [0.4, 0.5) is 0 Å². The predicted octanol–water partition coefficient (Wildman–Crippen LogP) is 1.96. The van der Waals surface area contributed by atoms with Gasteiger partial charge in [0.1, 0.15) is 0 Å². The highest BCUT2D eigenvalue weighted by Gasteiger charge is 2.31. The Morgan fingerprint density at radius 1 is 1.00 bits per heavy atom. The van der Waals surface area contributed by atoms with E-state index in [0.717, 1.165) is 12.0 Å². The van der Waals surface area contributed by atoms with E-state index in [-0.39, 0.29) is 12.4 Å². The van der Waals surface area contributed by atoms with Crippen LogP contribution >= 0.6 is 12.4 Å². The van der Waals surface area contributed by atoms with E-state index in [1.807, 2.05) is 0 Å². The molecule has 0 aromatic rings. The average molecular weight is 162 g/mol. The van der Waals surface area contributed by atoms with Gasteiger partial charge in [0, 0.05) is 6.04 Å². The van der Waals surface area contributed by atoms with Crippen molar-refractivity contribution in [1.82, 2.24) is 5.32 Å². The summed E-state index contributed by atoms with van der Waals surface area (Å²) in [6.45, 7) is 1.28. The third-order valence-corrected chi connectivity index (χ3v) is 2.54. The van der Waals surface area contributed by atoms with Crippen molar-refractivity contribution in [3.05, 3.63) is 0 Å². The number of halogens is 1. The normalized spacial score (nSPS) is 33.0. The van der Waals surface area contributed by atoms with Crippen LogP contribution in [0.5, 0.6) is 0 Å². The van der Waals surface area contributed by atoms with E-state index >= 15 is 0 Å². The van der Waals surface area contributed by atoms with Crippen molar-refractivity contribution in [2.24, 2.45) is 5.92 Å². The molecular formula is C8H16ClN. The smallest absolute Gasteiger partial charge is 0.00953 e. The van der Waals surface area contributed by atoms with E-state index in [2.05, 4.69) is 5.32 Å². The molecule has 1 heterocycles. The topological polar surface area (TPSA) is 12.0 Å². The number of nitrogens with one attached hydrogen (secondary N) is 1. The summed E-state index contributed by atoms with van der Waals surface area (Å²) >= 11 is 0. The maximum absolute atomic E-state index is 3.58. The largest absolute Gasteiger partial charge is 0.314 e. The summed E-state index contributed by atoms with van der Waals surface area (Å²) in [4.78, 5) is 0. The van der Waals surface area contributed by atoms with Gasteiger partial charge in [0.2, 0.25) is 0 Å². The zero-order chi connectivity index (χ0) is 6.10. The van der Waals surface area contributed by atoms with Crippen LogP contribution < -0.4 is 5.32 Å². The molecule has 0 bridgehead atoms. The fourth-order valence-electron chi connectivity index (χ4n) is 1.78. The third kappa shape index (κ3) is 1.86. The van der Waals surface area contributed by atoms with E-state index in [1.54, 1.807) is 0 Å². The van der Waals surface area contributed by atoms with Gasteiger partial charge in [-0.3, -0.25) is 0 Å². The van der Waals surface area contributed by atoms with Gasteiger partial charge in [0.15, 0.2) is 0 Å². The first-order valence-corrected chi connectivity index (χ1v) is 4.20. The lowest BCUT2D eigenvalue weighted by molar-refractivity contribution is 0.368. The fraction of sp³-hybridized carbons (Fsp3) is 1.00. The molecule has 1 saturated heterocycles. The van der Waals surface area contributed by atoms with E-state index in [0.29, 0.717) is 0 Å². The Morgan fingerprint density at radius 2 is 1.80 bits per heavy atom. The maximum Gasteiger partial charge on any atom is 0.00953 e. The van der Waals surface area contributed by atoms with E-state index in [4.69, 9.17) is 0 Å². The second-order valence-corrected chi connectivity index (χ2v) is 3.39. The van der Waals surface area contributed by atoms with Gasteiger partial charge in [-0.15, -0.1) is 12.4 Å². The van der Waals surface area contributed by atoms with Crippen molar-refractivity contribution < 1.29 is 0 Å². The highest BCUT2D eigenvalue weighted by atomic mass is 35.5. The van der Waals surface area contributed by atoms with Crippen LogP contribution in [0.2, 0.25) is 0 Å². The van der Waals surface area contributed by atoms with Gasteiger partial charge in [-0.25, -0.2) is 0 Å². The Hall–Kier alpha value is 0.250. The first-order chi connectivity index (χ1) is 4.47. The quantitative estimate of drug-likeness (QED) is 0.620. The summed E-state index contributed by atoms with van der Waals surface area (Å²) in [5, 5.41) is 3.58. The first-order valence-electron chi connectivity index (χ1n) is 4.20. The molecule has 2 heteroatoms. The highest BCUT2D eigenvalue weighted by Crippen LogP contribution is 2.35. The molecule has 1 nitrogen and oxygen atoms in total. The van der Waals surface area contributed by atoms with Gasteiger partial charge >= 0.3 is 0 Å². The minimum absolute atomic E-state index is 0. The summed E-state index contributed by atoms with van der Waals surface area (Å²) in [7, 11) is 0. The van der Waals surface area contributed by atoms with Gasteiger partial charge < -0.3 is 5.32 Å². The van der Waals surface area contributed by atoms with Gasteiger partial charge in [0.25, 0.3) is 0 Å². The van der Waals surface area contributed by atoms with Gasteiger partial charge in [-0.05, 0) is 38.1 Å². The van der Waals surface area contributed by atoms with Gasteiger partial charge in [0.05, 0.1) is 0 Å². The lowest BCUT2D eigenvalue weighted by atomic mass is 10.0. The Balaban J connectivity index is 0.000000500. The molecule has 10 heavy (non-hydrogen) atoms. The average Bonchev–Trinajstić information content (AvgIpc) is 2.71. The molecule has 1 aliphatic carbocycles. The molecule has 0 aromatic carbocycles. The van der Waals surface area contributed by atoms with Crippen molar-refractivity contribution in [1.29, 1.82) is 0 Å². The summed E-state index contributed by atoms with van der Waals surface area (Å²) in [5.74, 6) is 1.07. The Labute approximate surface area is 69.0 Å². The number of hydrogen-bond acceptors (Lipinski definition) is 1. The second-order valence-electron chi connectivity index (χ2n) is 3.39. The standard InChI is InChI=1S/C8H15N.ClH/c1-2-6-9-8(3-1)7-4-5-7;/h7-9H,1-6H2;1H. The Kier molecular flexibility index (Phi) is 2.99. The lowest BCUT2D eigenvalue weighted by Crippen LogP contribution is -2.35. The predicted molar refractivity (Wildman–Crippen MR) is 45.6 cm³/mol. The van der Waals surface area contributed by atoms with E-state index in [1.165, 1.54) is 38.6 Å². The number of piperidine rings is 1. The second kappa shape index (κ2) is 3.59. The minimum Gasteiger partial charge on any atom is -0.314 e. The third-order valence-electron chi connectivity index (χ3n) is 2.54. The van der Waals surface area contributed by atoms with Crippen LogP contribution in [0.1, 0.15) is 32.1 Å². The van der Waals surface area contributed by atoms with Crippen molar-refractivity contribution in [2.75, 3.05) is 6.54 Å². The van der Waals surface area contributed by atoms with Crippen LogP contribution in [0, 0.1) is 5.92 Å². The van der Waals surface area contributed by atoms with Crippen LogP contribution in [-0.2, 0) is 0 Å². The van der Waals surface area contributed by atoms with Crippen LogP contribution in [0.25, 0.3) is 0 Å². The van der Waals surface area contributed by atoms with Crippen molar-refractivity contribution >= 4 is 12.4 Å². The zero-order valence-electron chi connectivity index (χ0n) is 6.31. The molecule has 1 aliphatic heterocycles. The molecule has 0 spiro atoms. The van der Waals surface area contributed by atoms with Gasteiger partial charge in [-0.2, -0.15) is 0 Å². The minimum atomic E-state index is 0. The zero-order valence-corrected chi connectivity index (χ0v) is 7.12. The molecule has 2 rings (SSSR count). The molecule has 0 amide bonds. The van der Waals surface area contributed by atoms with E-state index < -0.39 is 0 Å². The molecule has 0 radical (unpaired) electrons. The summed E-state index contributed by atoms with van der Waals surface area (Å²) in [6, 6.07) is 0.916. The number of rotatable bonds is 1. The molecular weight excluding hydrogens is 146 g/mol. The molecule has 1 N–H and O–H groups in total. The first kappa shape index (κ1) is 8.35. The number of hydrogen-bond donors (Lipinski definition) is 1. The fourth-order valence-corrected chi connectivity index (χ4v) is 1.78. The van der Waals surface area contributed by atoms with Crippen LogP contribution in [0.15, 0.2) is 0 Å². The molecule has 1 unspecified atom stereocenters. The lowest BCUT2D eigenvalue weighted by Gasteiger charge is -2.22. The molecule has 1 saturated carbocycles. The summed E-state index contributed by atoms with van der Waals surface area (Å²) in [6.07, 6.45) is 7.32. The van der Waals surface area contributed by atoms with Crippen molar-refractivity contribution in [2.45, 2.75) is 38.1 Å². The molecule has 2 fully saturated rings. The van der Waals surface area contributed by atoms with Crippen molar-refractivity contribution in [3.8, 4) is 0 Å². The molecule has 60 valence electrons. The summed E-state index contributed by atoms with van der Waals surface area (Å²) in [5.41, 5.74) is 0. The molecule has 0 aromatic heterocycles. The highest BCUT2D eigenvalue weighted by molar-refractivity contribution is 5.85. The molecule has 1 atom stereocenters. The molecule has 2 aliphatic rings. The van der Waals surface area contributed by atoms with Crippen LogP contribution in [-0.4, -0.2) is 12.6 Å². The van der Waals surface area contributed by atoms with Gasteiger partial charge in [-0.1, -0.05) is 6.42 Å². The maximum atomic E-state index is 3.58. The Bertz CT molecular complexity index is 95.4.